The van der Waals surface area contributed by atoms with Gasteiger partial charge in [-0.15, -0.1) is 0 Å². The maximum Gasteiger partial charge on any atom is 0.319 e. The molecule has 1 heterocycles. The summed E-state index contributed by atoms with van der Waals surface area (Å²) in [5.74, 6) is 0.982. The van der Waals surface area contributed by atoms with E-state index in [1.54, 1.807) is 24.3 Å². The van der Waals surface area contributed by atoms with Crippen molar-refractivity contribution in [3.8, 4) is 0 Å². The lowest BCUT2D eigenvalue weighted by molar-refractivity contribution is -0.117. The van der Waals surface area contributed by atoms with Crippen molar-refractivity contribution in [3.63, 3.8) is 0 Å². The van der Waals surface area contributed by atoms with E-state index in [9.17, 15) is 9.59 Å². The van der Waals surface area contributed by atoms with Gasteiger partial charge in [0.05, 0.1) is 0 Å². The first kappa shape index (κ1) is 19.2. The summed E-state index contributed by atoms with van der Waals surface area (Å²) >= 11 is 0. The summed E-state index contributed by atoms with van der Waals surface area (Å²) in [6, 6.07) is 7.01. The molecule has 0 radical (unpaired) electrons. The Hall–Kier alpha value is -2.08. The Morgan fingerprint density at radius 2 is 1.76 bits per heavy atom. The van der Waals surface area contributed by atoms with Gasteiger partial charge in [0, 0.05) is 23.8 Å². The lowest BCUT2D eigenvalue weighted by atomic mass is 9.85. The van der Waals surface area contributed by atoms with E-state index in [1.807, 2.05) is 13.8 Å². The normalized spacial score (nSPS) is 18.5. The summed E-state index contributed by atoms with van der Waals surface area (Å²) in [7, 11) is 0. The van der Waals surface area contributed by atoms with Crippen LogP contribution in [-0.4, -0.2) is 31.1 Å². The van der Waals surface area contributed by atoms with Crippen molar-refractivity contribution < 1.29 is 9.59 Å². The maximum absolute atomic E-state index is 12.2. The lowest BCUT2D eigenvalue weighted by Gasteiger charge is -2.28. The van der Waals surface area contributed by atoms with E-state index in [-0.39, 0.29) is 18.0 Å². The third kappa shape index (κ3) is 6.74. The Kier molecular flexibility index (Phi) is 7.25. The van der Waals surface area contributed by atoms with Crippen LogP contribution >= 0.6 is 0 Å². The molecule has 1 saturated heterocycles. The topological polar surface area (TPSA) is 82.3 Å². The first-order valence-electron chi connectivity index (χ1n) is 9.12. The molecule has 6 heteroatoms. The molecular formula is C19H30N4O2. The molecular weight excluding hydrogens is 316 g/mol. The number of hydrogen-bond acceptors (Lipinski definition) is 3. The van der Waals surface area contributed by atoms with Crippen LogP contribution < -0.4 is 21.3 Å². The van der Waals surface area contributed by atoms with E-state index in [0.717, 1.165) is 18.8 Å². The van der Waals surface area contributed by atoms with Gasteiger partial charge in [0.15, 0.2) is 0 Å². The number of amides is 3. The van der Waals surface area contributed by atoms with E-state index in [2.05, 4.69) is 28.2 Å². The van der Waals surface area contributed by atoms with Gasteiger partial charge in [0.2, 0.25) is 5.91 Å². The number of hydrogen-bond donors (Lipinski definition) is 4. The first-order chi connectivity index (χ1) is 11.9. The van der Waals surface area contributed by atoms with Crippen molar-refractivity contribution in [2.24, 2.45) is 11.8 Å². The quantitative estimate of drug-likeness (QED) is 0.638. The van der Waals surface area contributed by atoms with E-state index in [0.29, 0.717) is 23.9 Å². The molecule has 0 aliphatic carbocycles. The Morgan fingerprint density at radius 1 is 1.12 bits per heavy atom. The summed E-state index contributed by atoms with van der Waals surface area (Å²) in [5, 5.41) is 11.9. The molecule has 1 aromatic rings. The summed E-state index contributed by atoms with van der Waals surface area (Å²) in [6.07, 6.45) is 2.92. The molecule has 1 aromatic carbocycles. The van der Waals surface area contributed by atoms with Crippen LogP contribution in [-0.2, 0) is 4.79 Å². The van der Waals surface area contributed by atoms with Crippen molar-refractivity contribution in [1.82, 2.24) is 10.6 Å². The fraction of sp³-hybridized carbons (Fsp3) is 0.579. The number of piperidine rings is 1. The van der Waals surface area contributed by atoms with E-state index in [1.165, 1.54) is 12.8 Å². The van der Waals surface area contributed by atoms with Gasteiger partial charge < -0.3 is 21.3 Å². The molecule has 1 aliphatic heterocycles. The Bertz CT molecular complexity index is 565. The van der Waals surface area contributed by atoms with E-state index in [4.69, 9.17) is 0 Å². The fourth-order valence-corrected chi connectivity index (χ4v) is 3.10. The number of urea groups is 1. The maximum atomic E-state index is 12.2. The molecule has 6 nitrogen and oxygen atoms in total. The van der Waals surface area contributed by atoms with Gasteiger partial charge in [-0.1, -0.05) is 6.92 Å². The minimum Gasteiger partial charge on any atom is -0.336 e. The smallest absolute Gasteiger partial charge is 0.319 e. The number of rotatable bonds is 6. The predicted octanol–water partition coefficient (Wildman–Crippen LogP) is 3.18. The van der Waals surface area contributed by atoms with Gasteiger partial charge >= 0.3 is 6.03 Å². The fourth-order valence-electron chi connectivity index (χ4n) is 3.10. The third-order valence-electron chi connectivity index (χ3n) is 4.49. The highest BCUT2D eigenvalue weighted by atomic mass is 16.2. The Balaban J connectivity index is 1.79. The van der Waals surface area contributed by atoms with Gasteiger partial charge in [-0.2, -0.15) is 0 Å². The molecule has 25 heavy (non-hydrogen) atoms. The zero-order valence-electron chi connectivity index (χ0n) is 15.4. The number of carbonyl (C=O) groups excluding carboxylic acids is 2. The molecule has 3 amide bonds. The molecule has 138 valence electrons. The highest BCUT2D eigenvalue weighted by Crippen LogP contribution is 2.23. The van der Waals surface area contributed by atoms with Gasteiger partial charge in [-0.3, -0.25) is 4.79 Å². The summed E-state index contributed by atoms with van der Waals surface area (Å²) in [5.41, 5.74) is 1.44. The first-order valence-corrected chi connectivity index (χ1v) is 9.12. The van der Waals surface area contributed by atoms with Crippen LogP contribution in [0, 0.1) is 11.8 Å². The largest absolute Gasteiger partial charge is 0.336 e. The van der Waals surface area contributed by atoms with Crippen molar-refractivity contribution >= 4 is 23.3 Å². The molecule has 0 aromatic heterocycles. The second kappa shape index (κ2) is 9.42. The number of carbonyl (C=O) groups is 2. The Morgan fingerprint density at radius 3 is 2.32 bits per heavy atom. The second-order valence-electron chi connectivity index (χ2n) is 7.17. The van der Waals surface area contributed by atoms with Gasteiger partial charge in [0.1, 0.15) is 0 Å². The molecule has 4 N–H and O–H groups in total. The van der Waals surface area contributed by atoms with Gasteiger partial charge in [-0.05, 0) is 75.9 Å². The lowest BCUT2D eigenvalue weighted by Crippen LogP contribution is -2.34. The van der Waals surface area contributed by atoms with E-state index < -0.39 is 0 Å². The minimum absolute atomic E-state index is 0.0383. The zero-order chi connectivity index (χ0) is 18.2. The van der Waals surface area contributed by atoms with Crippen molar-refractivity contribution in [3.05, 3.63) is 24.3 Å². The summed E-state index contributed by atoms with van der Waals surface area (Å²) in [6.45, 7) is 8.06. The van der Waals surface area contributed by atoms with Crippen LogP contribution in [0.4, 0.5) is 16.2 Å². The standard InChI is InChI=1S/C19H30N4O2/c1-13(2)21-19(25)23-17-8-6-16(7-9-17)22-18(24)11-14(3)15-5-4-10-20-12-15/h6-9,13-15,20H,4-5,10-12H2,1-3H3,(H,22,24)(H2,21,23,25). The number of nitrogens with one attached hydrogen (secondary N) is 4. The summed E-state index contributed by atoms with van der Waals surface area (Å²) in [4.78, 5) is 23.9. The van der Waals surface area contributed by atoms with Crippen LogP contribution in [0.3, 0.4) is 0 Å². The molecule has 2 atom stereocenters. The molecule has 0 bridgehead atoms. The van der Waals surface area contributed by atoms with Crippen molar-refractivity contribution in [2.45, 2.75) is 46.1 Å². The number of anilines is 2. The average Bonchev–Trinajstić information content (AvgIpc) is 2.56. The van der Waals surface area contributed by atoms with Crippen molar-refractivity contribution in [1.29, 1.82) is 0 Å². The van der Waals surface area contributed by atoms with Gasteiger partial charge in [-0.25, -0.2) is 4.79 Å². The Labute approximate surface area is 150 Å². The van der Waals surface area contributed by atoms with Crippen LogP contribution in [0.15, 0.2) is 24.3 Å². The van der Waals surface area contributed by atoms with Gasteiger partial charge in [0.25, 0.3) is 0 Å². The molecule has 0 spiro atoms. The van der Waals surface area contributed by atoms with Crippen LogP contribution in [0.2, 0.25) is 0 Å². The highest BCUT2D eigenvalue weighted by Gasteiger charge is 2.22. The zero-order valence-corrected chi connectivity index (χ0v) is 15.4. The van der Waals surface area contributed by atoms with E-state index >= 15 is 0 Å². The second-order valence-corrected chi connectivity index (χ2v) is 7.17. The molecule has 0 saturated carbocycles. The average molecular weight is 346 g/mol. The minimum atomic E-state index is -0.235. The predicted molar refractivity (Wildman–Crippen MR) is 102 cm³/mol. The van der Waals surface area contributed by atoms with Crippen molar-refractivity contribution in [2.75, 3.05) is 23.7 Å². The molecule has 2 rings (SSSR count). The molecule has 1 aliphatic rings. The third-order valence-corrected chi connectivity index (χ3v) is 4.49. The monoisotopic (exact) mass is 346 g/mol. The SMILES string of the molecule is CC(C)NC(=O)Nc1ccc(NC(=O)CC(C)C2CCCNC2)cc1. The van der Waals surface area contributed by atoms with Crippen LogP contribution in [0.1, 0.15) is 40.0 Å². The highest BCUT2D eigenvalue weighted by molar-refractivity contribution is 5.92. The summed E-state index contributed by atoms with van der Waals surface area (Å²) < 4.78 is 0. The molecule has 1 fully saturated rings. The number of benzene rings is 1. The van der Waals surface area contributed by atoms with Crippen LogP contribution in [0.25, 0.3) is 0 Å². The molecule has 2 unspecified atom stereocenters. The van der Waals surface area contributed by atoms with Crippen LogP contribution in [0.5, 0.6) is 0 Å².